The number of carbonyl (C=O) groups excluding carboxylic acids is 1. The van der Waals surface area contributed by atoms with E-state index in [-0.39, 0.29) is 24.1 Å². The first-order chi connectivity index (χ1) is 15.7. The third-order valence-corrected chi connectivity index (χ3v) is 5.28. The van der Waals surface area contributed by atoms with Crippen molar-refractivity contribution in [3.05, 3.63) is 36.0 Å². The molecule has 1 heterocycles. The van der Waals surface area contributed by atoms with Gasteiger partial charge in [0, 0.05) is 30.4 Å². The number of aromatic nitrogens is 1. The summed E-state index contributed by atoms with van der Waals surface area (Å²) in [7, 11) is 4.47. The molecule has 0 unspecified atom stereocenters. The summed E-state index contributed by atoms with van der Waals surface area (Å²) in [6.45, 7) is 0. The Labute approximate surface area is 189 Å². The molecule has 1 aliphatic carbocycles. The summed E-state index contributed by atoms with van der Waals surface area (Å²) >= 11 is 0. The number of benzene rings is 1. The van der Waals surface area contributed by atoms with E-state index < -0.39 is 11.7 Å². The second-order valence-electron chi connectivity index (χ2n) is 7.49. The topological polar surface area (TPSA) is 90.9 Å². The van der Waals surface area contributed by atoms with Crippen LogP contribution in [0.25, 0.3) is 0 Å². The molecule has 0 aliphatic heterocycles. The lowest BCUT2D eigenvalue weighted by atomic mass is 9.93. The number of hydrogen-bond acceptors (Lipinski definition) is 6. The second-order valence-corrected chi connectivity index (χ2v) is 7.49. The van der Waals surface area contributed by atoms with Crippen molar-refractivity contribution in [1.29, 1.82) is 0 Å². The highest BCUT2D eigenvalue weighted by molar-refractivity contribution is 5.90. The van der Waals surface area contributed by atoms with Crippen molar-refractivity contribution < 1.29 is 36.9 Å². The minimum Gasteiger partial charge on any atom is -0.493 e. The summed E-state index contributed by atoms with van der Waals surface area (Å²) in [5.74, 6) is 1.41. The van der Waals surface area contributed by atoms with E-state index >= 15 is 0 Å². The van der Waals surface area contributed by atoms with Gasteiger partial charge in [-0.3, -0.25) is 0 Å². The van der Waals surface area contributed by atoms with Crippen LogP contribution in [0.4, 0.5) is 23.7 Å². The number of methoxy groups -OCH3 is 3. The molecule has 1 aromatic heterocycles. The van der Waals surface area contributed by atoms with Crippen LogP contribution < -0.4 is 29.6 Å². The molecule has 0 atom stereocenters. The Balaban J connectivity index is 1.49. The predicted molar refractivity (Wildman–Crippen MR) is 114 cm³/mol. The zero-order valence-electron chi connectivity index (χ0n) is 18.5. The number of nitrogens with zero attached hydrogens (tertiary/aromatic N) is 1. The van der Waals surface area contributed by atoms with E-state index in [2.05, 4.69) is 15.6 Å². The van der Waals surface area contributed by atoms with Crippen molar-refractivity contribution in [3.8, 4) is 23.1 Å². The Kier molecular flexibility index (Phi) is 7.72. The monoisotopic (exact) mass is 469 g/mol. The smallest absolute Gasteiger partial charge is 0.417 e. The van der Waals surface area contributed by atoms with Gasteiger partial charge in [-0.25, -0.2) is 9.78 Å². The van der Waals surface area contributed by atoms with E-state index in [1.165, 1.54) is 27.4 Å². The number of rotatable bonds is 7. The highest BCUT2D eigenvalue weighted by atomic mass is 19.4. The number of urea groups is 1. The molecule has 0 spiro atoms. The minimum atomic E-state index is -4.43. The van der Waals surface area contributed by atoms with E-state index in [9.17, 15) is 18.0 Å². The first-order valence-corrected chi connectivity index (χ1v) is 10.3. The summed E-state index contributed by atoms with van der Waals surface area (Å²) in [6, 6.07) is 4.98. The van der Waals surface area contributed by atoms with Crippen LogP contribution in [-0.4, -0.2) is 44.5 Å². The molecule has 2 aromatic rings. The Morgan fingerprint density at radius 1 is 1.00 bits per heavy atom. The molecule has 0 saturated heterocycles. The van der Waals surface area contributed by atoms with Crippen molar-refractivity contribution in [2.24, 2.45) is 0 Å². The SMILES string of the molecule is COc1cc(NC(=O)NC2CCC(Oc3ccc(C(F)(F)F)cn3)CC2)cc(OC)c1OC. The van der Waals surface area contributed by atoms with E-state index in [4.69, 9.17) is 18.9 Å². The maximum Gasteiger partial charge on any atom is 0.417 e. The summed E-state index contributed by atoms with van der Waals surface area (Å²) in [5.41, 5.74) is -0.340. The zero-order chi connectivity index (χ0) is 24.0. The highest BCUT2D eigenvalue weighted by Crippen LogP contribution is 2.40. The molecule has 1 fully saturated rings. The van der Waals surface area contributed by atoms with Crippen LogP contribution in [-0.2, 0) is 6.18 Å². The average Bonchev–Trinajstić information content (AvgIpc) is 2.79. The van der Waals surface area contributed by atoms with Crippen molar-refractivity contribution in [1.82, 2.24) is 10.3 Å². The van der Waals surface area contributed by atoms with Crippen molar-refractivity contribution in [3.63, 3.8) is 0 Å². The first kappa shape index (κ1) is 24.3. The third-order valence-electron chi connectivity index (χ3n) is 5.28. The molecule has 1 saturated carbocycles. The molecular formula is C22H26F3N3O5. The summed E-state index contributed by atoms with van der Waals surface area (Å²) in [5, 5.41) is 5.68. The molecule has 2 N–H and O–H groups in total. The summed E-state index contributed by atoms with van der Waals surface area (Å²) < 4.78 is 59.4. The van der Waals surface area contributed by atoms with Crippen LogP contribution in [0.3, 0.4) is 0 Å². The van der Waals surface area contributed by atoms with Gasteiger partial charge in [-0.1, -0.05) is 0 Å². The predicted octanol–water partition coefficient (Wildman–Crippen LogP) is 4.64. The molecule has 3 rings (SSSR count). The third kappa shape index (κ3) is 6.33. The van der Waals surface area contributed by atoms with Gasteiger partial charge in [-0.05, 0) is 31.7 Å². The van der Waals surface area contributed by atoms with Crippen molar-refractivity contribution >= 4 is 11.7 Å². The van der Waals surface area contributed by atoms with Crippen molar-refractivity contribution in [2.45, 2.75) is 44.0 Å². The number of carbonyl (C=O) groups is 1. The van der Waals surface area contributed by atoms with E-state index in [0.717, 1.165) is 12.3 Å². The second kappa shape index (κ2) is 10.5. The van der Waals surface area contributed by atoms with Crippen LogP contribution in [0.1, 0.15) is 31.2 Å². The van der Waals surface area contributed by atoms with Gasteiger partial charge in [0.2, 0.25) is 11.6 Å². The number of amides is 2. The Bertz CT molecular complexity index is 920. The fourth-order valence-electron chi connectivity index (χ4n) is 3.62. The molecule has 1 aliphatic rings. The summed E-state index contributed by atoms with van der Waals surface area (Å²) in [4.78, 5) is 16.2. The molecule has 11 heteroatoms. The molecular weight excluding hydrogens is 443 g/mol. The number of ether oxygens (including phenoxy) is 4. The van der Waals surface area contributed by atoms with Gasteiger partial charge < -0.3 is 29.6 Å². The standard InChI is InChI=1S/C22H26F3N3O5/c1-30-17-10-15(11-18(31-2)20(17)32-3)28-21(29)27-14-5-7-16(8-6-14)33-19-9-4-13(12-26-19)22(23,24)25/h4,9-12,14,16H,5-8H2,1-3H3,(H2,27,28,29). The number of hydrogen-bond donors (Lipinski definition) is 2. The number of nitrogens with one attached hydrogen (secondary N) is 2. The number of halogens is 3. The van der Waals surface area contributed by atoms with Gasteiger partial charge in [0.1, 0.15) is 6.10 Å². The Morgan fingerprint density at radius 3 is 2.12 bits per heavy atom. The lowest BCUT2D eigenvalue weighted by molar-refractivity contribution is -0.137. The average molecular weight is 469 g/mol. The number of pyridine rings is 1. The number of alkyl halides is 3. The van der Waals surface area contributed by atoms with Crippen LogP contribution >= 0.6 is 0 Å². The first-order valence-electron chi connectivity index (χ1n) is 10.3. The van der Waals surface area contributed by atoms with Gasteiger partial charge >= 0.3 is 12.2 Å². The molecule has 180 valence electrons. The van der Waals surface area contributed by atoms with Crippen LogP contribution in [0.2, 0.25) is 0 Å². The maximum absolute atomic E-state index is 12.6. The molecule has 0 radical (unpaired) electrons. The van der Waals surface area contributed by atoms with Gasteiger partial charge in [-0.2, -0.15) is 13.2 Å². The molecule has 8 nitrogen and oxygen atoms in total. The van der Waals surface area contributed by atoms with E-state index in [1.807, 2.05) is 0 Å². The fraction of sp³-hybridized carbons (Fsp3) is 0.455. The minimum absolute atomic E-state index is 0.0625. The molecule has 0 bridgehead atoms. The Hall–Kier alpha value is -3.37. The van der Waals surface area contributed by atoms with Crippen molar-refractivity contribution in [2.75, 3.05) is 26.6 Å². The van der Waals surface area contributed by atoms with Gasteiger partial charge in [-0.15, -0.1) is 0 Å². The highest BCUT2D eigenvalue weighted by Gasteiger charge is 2.31. The molecule has 33 heavy (non-hydrogen) atoms. The van der Waals surface area contributed by atoms with Crippen LogP contribution in [0.5, 0.6) is 23.1 Å². The van der Waals surface area contributed by atoms with Gasteiger partial charge in [0.25, 0.3) is 0 Å². The molecule has 2 amide bonds. The number of anilines is 1. The Morgan fingerprint density at radius 2 is 1.64 bits per heavy atom. The van der Waals surface area contributed by atoms with Crippen LogP contribution in [0, 0.1) is 0 Å². The van der Waals surface area contributed by atoms with Crippen LogP contribution in [0.15, 0.2) is 30.5 Å². The van der Waals surface area contributed by atoms with E-state index in [1.54, 1.807) is 12.1 Å². The van der Waals surface area contributed by atoms with Gasteiger partial charge in [0.05, 0.1) is 32.6 Å². The maximum atomic E-state index is 12.6. The largest absolute Gasteiger partial charge is 0.493 e. The van der Waals surface area contributed by atoms with E-state index in [0.29, 0.717) is 48.6 Å². The lowest BCUT2D eigenvalue weighted by Gasteiger charge is -2.29. The quantitative estimate of drug-likeness (QED) is 0.614. The fourth-order valence-corrected chi connectivity index (χ4v) is 3.62. The zero-order valence-corrected chi connectivity index (χ0v) is 18.5. The summed E-state index contributed by atoms with van der Waals surface area (Å²) in [6.07, 6.45) is -1.25. The lowest BCUT2D eigenvalue weighted by Crippen LogP contribution is -2.41. The molecule has 1 aromatic carbocycles. The normalized spacial score (nSPS) is 18.2. The van der Waals surface area contributed by atoms with Gasteiger partial charge in [0.15, 0.2) is 11.5 Å².